The van der Waals surface area contributed by atoms with Crippen molar-refractivity contribution in [2.75, 3.05) is 10.6 Å². The number of aromatic hydroxyl groups is 1. The first-order valence-electron chi connectivity index (χ1n) is 15.3. The summed E-state index contributed by atoms with van der Waals surface area (Å²) in [5.74, 6) is -5.19. The fourth-order valence-electron chi connectivity index (χ4n) is 5.04. The number of azo groups is 1. The van der Waals surface area contributed by atoms with E-state index < -0.39 is 38.7 Å². The highest BCUT2D eigenvalue weighted by Gasteiger charge is 2.20. The molecular formula is C35H25N7O11S. The molecule has 0 radical (unpaired) electrons. The van der Waals surface area contributed by atoms with Crippen LogP contribution in [-0.4, -0.2) is 66.3 Å². The van der Waals surface area contributed by atoms with E-state index in [9.17, 15) is 47.8 Å². The molecule has 19 heteroatoms. The lowest BCUT2D eigenvalue weighted by atomic mass is 10.1. The van der Waals surface area contributed by atoms with E-state index in [1.165, 1.54) is 30.3 Å². The fraction of sp³-hybridized carbons (Fsp3) is 0.0286. The molecule has 0 bridgehead atoms. The average molecular weight is 752 g/mol. The molecule has 0 saturated heterocycles. The van der Waals surface area contributed by atoms with Crippen LogP contribution in [0.4, 0.5) is 34.6 Å². The third-order valence-electron chi connectivity index (χ3n) is 7.50. The number of phenols is 1. The van der Waals surface area contributed by atoms with Crippen LogP contribution in [0, 0.1) is 0 Å². The summed E-state index contributed by atoms with van der Waals surface area (Å²) in [7, 11) is -4.82. The maximum atomic E-state index is 12.3. The molecule has 6 aromatic rings. The van der Waals surface area contributed by atoms with Gasteiger partial charge >= 0.3 is 23.9 Å². The molecule has 1 aromatic heterocycles. The van der Waals surface area contributed by atoms with Gasteiger partial charge in [0, 0.05) is 11.1 Å². The van der Waals surface area contributed by atoms with Gasteiger partial charge in [-0.3, -0.25) is 4.55 Å². The number of nitrogens with zero attached hydrogens (tertiary/aromatic N) is 5. The number of carboxylic acids is 3. The number of phenolic OH excluding ortho intramolecular Hbond substituents is 1. The molecule has 7 N–H and O–H groups in total. The summed E-state index contributed by atoms with van der Waals surface area (Å²) in [4.78, 5) is 47.2. The van der Waals surface area contributed by atoms with Gasteiger partial charge in [0.05, 0.1) is 27.3 Å². The fourth-order valence-corrected chi connectivity index (χ4v) is 5.58. The Labute approximate surface area is 303 Å². The minimum atomic E-state index is -4.82. The average Bonchev–Trinajstić information content (AvgIpc) is 3.13. The predicted octanol–water partition coefficient (Wildman–Crippen LogP) is 6.55. The van der Waals surface area contributed by atoms with Gasteiger partial charge in [-0.05, 0) is 59.5 Å². The number of aromatic nitrogens is 3. The van der Waals surface area contributed by atoms with Gasteiger partial charge in [0.25, 0.3) is 10.1 Å². The standard InChI is InChI=1S/C35H25N7O11S/c43-29-26(42-41-25-9-5-4-8-24(25)32(48)49)11-10-19-15-23(54(50,51)52)16-27(28(19)29)37-34-38-33(39-35(40-34)53-17-18-6-2-1-3-7-18)36-22-13-20(30(44)45)12-21(14-22)31(46)47/h1-16,43H,17H2,(H,44,45)(H,46,47)(H,48,49)(H,50,51,52)(H2,36,37,38,39,40). The maximum absolute atomic E-state index is 12.3. The lowest BCUT2D eigenvalue weighted by Gasteiger charge is -2.15. The Bertz CT molecular complexity index is 2570. The number of rotatable bonds is 13. The summed E-state index contributed by atoms with van der Waals surface area (Å²) >= 11 is 0. The van der Waals surface area contributed by atoms with Crippen molar-refractivity contribution in [3.8, 4) is 11.8 Å². The van der Waals surface area contributed by atoms with Gasteiger partial charge < -0.3 is 35.8 Å². The summed E-state index contributed by atoms with van der Waals surface area (Å²) < 4.78 is 40.3. The number of carbonyl (C=O) groups is 3. The molecule has 6 rings (SSSR count). The highest BCUT2D eigenvalue weighted by Crippen LogP contribution is 2.42. The van der Waals surface area contributed by atoms with Crippen LogP contribution in [-0.2, 0) is 16.7 Å². The molecule has 272 valence electrons. The van der Waals surface area contributed by atoms with Crippen LogP contribution >= 0.6 is 0 Å². The number of nitrogens with one attached hydrogen (secondary N) is 2. The van der Waals surface area contributed by atoms with Crippen molar-refractivity contribution >= 4 is 73.4 Å². The third-order valence-corrected chi connectivity index (χ3v) is 8.33. The highest BCUT2D eigenvalue weighted by molar-refractivity contribution is 7.85. The summed E-state index contributed by atoms with van der Waals surface area (Å²) in [5.41, 5.74) is -0.499. The van der Waals surface area contributed by atoms with Crippen LogP contribution in [0.2, 0.25) is 0 Å². The Morgan fingerprint density at radius 3 is 1.98 bits per heavy atom. The van der Waals surface area contributed by atoms with Gasteiger partial charge in [-0.15, -0.1) is 10.2 Å². The zero-order chi connectivity index (χ0) is 38.6. The number of anilines is 4. The van der Waals surface area contributed by atoms with Gasteiger partial charge in [-0.25, -0.2) is 14.4 Å². The molecule has 54 heavy (non-hydrogen) atoms. The van der Waals surface area contributed by atoms with Crippen LogP contribution < -0.4 is 15.4 Å². The molecule has 5 aromatic carbocycles. The van der Waals surface area contributed by atoms with Crippen LogP contribution in [0.15, 0.2) is 112 Å². The summed E-state index contributed by atoms with van der Waals surface area (Å²) in [6.07, 6.45) is 0. The molecule has 0 fully saturated rings. The largest absolute Gasteiger partial charge is 0.505 e. The molecule has 0 amide bonds. The van der Waals surface area contributed by atoms with E-state index in [-0.39, 0.29) is 74.7 Å². The first kappa shape index (κ1) is 36.3. The zero-order valence-electron chi connectivity index (χ0n) is 27.3. The summed E-state index contributed by atoms with van der Waals surface area (Å²) in [6, 6.07) is 22.3. The number of hydrogen-bond donors (Lipinski definition) is 7. The second kappa shape index (κ2) is 15.0. The first-order chi connectivity index (χ1) is 25.7. The molecule has 18 nitrogen and oxygen atoms in total. The Morgan fingerprint density at radius 1 is 0.704 bits per heavy atom. The first-order valence-corrected chi connectivity index (χ1v) is 16.8. The normalized spacial score (nSPS) is 11.4. The molecule has 0 saturated carbocycles. The van der Waals surface area contributed by atoms with Gasteiger partial charge in [-0.1, -0.05) is 48.5 Å². The highest BCUT2D eigenvalue weighted by atomic mass is 32.2. The van der Waals surface area contributed by atoms with Crippen molar-refractivity contribution in [3.63, 3.8) is 0 Å². The molecule has 0 aliphatic heterocycles. The van der Waals surface area contributed by atoms with E-state index in [1.807, 2.05) is 0 Å². The SMILES string of the molecule is O=C(O)c1cc(Nc2nc(Nc3cc(S(=O)(=O)O)cc4ccc(N=Nc5ccccc5C(=O)O)c(O)c34)nc(OCc3ccccc3)n2)cc(C(=O)O)c1. The Morgan fingerprint density at radius 2 is 1.33 bits per heavy atom. The lowest BCUT2D eigenvalue weighted by molar-refractivity contribution is 0.0682. The second-order valence-corrected chi connectivity index (χ2v) is 12.6. The monoisotopic (exact) mass is 751 g/mol. The number of ether oxygens (including phenoxy) is 1. The van der Waals surface area contributed by atoms with Gasteiger partial charge in [0.1, 0.15) is 18.0 Å². The topological polar surface area (TPSA) is 283 Å². The van der Waals surface area contributed by atoms with Crippen molar-refractivity contribution in [1.29, 1.82) is 0 Å². The van der Waals surface area contributed by atoms with Crippen LogP contribution in [0.3, 0.4) is 0 Å². The van der Waals surface area contributed by atoms with Crippen molar-refractivity contribution in [3.05, 3.63) is 119 Å². The summed E-state index contributed by atoms with van der Waals surface area (Å²) in [5, 5.41) is 53.5. The van der Waals surface area contributed by atoms with E-state index in [2.05, 4.69) is 35.8 Å². The maximum Gasteiger partial charge on any atom is 0.337 e. The minimum absolute atomic E-state index is 0.0119. The van der Waals surface area contributed by atoms with Crippen LogP contribution in [0.5, 0.6) is 11.8 Å². The van der Waals surface area contributed by atoms with Crippen LogP contribution in [0.1, 0.15) is 36.6 Å². The molecule has 0 unspecified atom stereocenters. The van der Waals surface area contributed by atoms with Gasteiger partial charge in [0.15, 0.2) is 5.75 Å². The number of fused-ring (bicyclic) bond motifs is 1. The van der Waals surface area contributed by atoms with Gasteiger partial charge in [0.2, 0.25) is 11.9 Å². The van der Waals surface area contributed by atoms with Gasteiger partial charge in [-0.2, -0.15) is 23.4 Å². The molecular weight excluding hydrogens is 726 g/mol. The van der Waals surface area contributed by atoms with Crippen molar-refractivity contribution in [2.24, 2.45) is 10.2 Å². The lowest BCUT2D eigenvalue weighted by Crippen LogP contribution is -2.09. The Balaban J connectivity index is 1.46. The van der Waals surface area contributed by atoms with E-state index in [4.69, 9.17) is 4.74 Å². The second-order valence-electron chi connectivity index (χ2n) is 11.2. The Kier molecular flexibility index (Phi) is 10.1. The van der Waals surface area contributed by atoms with Crippen LogP contribution in [0.25, 0.3) is 10.8 Å². The number of carboxylic acid groups (broad SMARTS) is 3. The molecule has 0 atom stereocenters. The van der Waals surface area contributed by atoms with E-state index in [0.717, 1.165) is 35.9 Å². The number of benzene rings is 5. The predicted molar refractivity (Wildman–Crippen MR) is 191 cm³/mol. The minimum Gasteiger partial charge on any atom is -0.505 e. The molecule has 1 heterocycles. The zero-order valence-corrected chi connectivity index (χ0v) is 28.1. The Hall–Kier alpha value is -7.51. The molecule has 0 spiro atoms. The van der Waals surface area contributed by atoms with Crippen molar-refractivity contribution in [2.45, 2.75) is 11.5 Å². The quantitative estimate of drug-likeness (QED) is 0.0486. The van der Waals surface area contributed by atoms with Crippen molar-refractivity contribution in [1.82, 2.24) is 15.0 Å². The van der Waals surface area contributed by atoms with E-state index in [0.29, 0.717) is 0 Å². The summed E-state index contributed by atoms with van der Waals surface area (Å²) in [6.45, 7) is -0.0251. The van der Waals surface area contributed by atoms with E-state index >= 15 is 0 Å². The molecule has 0 aliphatic rings. The van der Waals surface area contributed by atoms with E-state index in [1.54, 1.807) is 36.4 Å². The van der Waals surface area contributed by atoms with Crippen molar-refractivity contribution < 1.29 is 52.5 Å². The number of hydrogen-bond acceptors (Lipinski definition) is 14. The molecule has 0 aliphatic carbocycles. The third kappa shape index (κ3) is 8.33. The number of aromatic carboxylic acids is 3. The smallest absolute Gasteiger partial charge is 0.337 e.